The van der Waals surface area contributed by atoms with Crippen molar-refractivity contribution in [1.82, 2.24) is 0 Å². The molecule has 0 N–H and O–H groups in total. The number of Topliss-reactive ketones (excluding diaryl/α,β-unsaturated/α-hetero) is 2. The maximum atomic E-state index is 11.9. The Labute approximate surface area is 116 Å². The van der Waals surface area contributed by atoms with E-state index in [1.807, 2.05) is 0 Å². The zero-order valence-corrected chi connectivity index (χ0v) is 11.3. The standard InChI is InChI=1S/C15H16O5/c1-2-19-15(18)8-10(16)7-11-9-13(17)12-5-3-4-6-14(12)20-11/h3-6,11H,2,7-9H2,1H3. The summed E-state index contributed by atoms with van der Waals surface area (Å²) in [6, 6.07) is 6.95. The number of hydrogen-bond donors (Lipinski definition) is 0. The van der Waals surface area contributed by atoms with Crippen molar-refractivity contribution >= 4 is 17.5 Å². The third kappa shape index (κ3) is 3.44. The molecule has 106 valence electrons. The molecule has 0 aromatic heterocycles. The van der Waals surface area contributed by atoms with Gasteiger partial charge in [0.1, 0.15) is 24.1 Å². The Morgan fingerprint density at radius 3 is 2.85 bits per heavy atom. The molecule has 20 heavy (non-hydrogen) atoms. The fourth-order valence-corrected chi connectivity index (χ4v) is 2.15. The van der Waals surface area contributed by atoms with E-state index in [0.29, 0.717) is 11.3 Å². The van der Waals surface area contributed by atoms with Crippen LogP contribution in [0.15, 0.2) is 24.3 Å². The summed E-state index contributed by atoms with van der Waals surface area (Å²) in [5.74, 6) is -0.362. The normalized spacial score (nSPS) is 17.1. The van der Waals surface area contributed by atoms with Crippen LogP contribution in [0, 0.1) is 0 Å². The van der Waals surface area contributed by atoms with Crippen LogP contribution in [0.1, 0.15) is 36.5 Å². The molecule has 1 aliphatic heterocycles. The van der Waals surface area contributed by atoms with E-state index in [4.69, 9.17) is 9.47 Å². The van der Waals surface area contributed by atoms with Crippen molar-refractivity contribution in [3.8, 4) is 5.75 Å². The quantitative estimate of drug-likeness (QED) is 0.607. The zero-order chi connectivity index (χ0) is 14.5. The van der Waals surface area contributed by atoms with Crippen molar-refractivity contribution in [2.75, 3.05) is 6.61 Å². The van der Waals surface area contributed by atoms with Crippen molar-refractivity contribution in [1.29, 1.82) is 0 Å². The van der Waals surface area contributed by atoms with Crippen molar-refractivity contribution in [2.24, 2.45) is 0 Å². The molecular formula is C15H16O5. The number of rotatable bonds is 5. The predicted molar refractivity (Wildman–Crippen MR) is 70.7 cm³/mol. The van der Waals surface area contributed by atoms with Crippen LogP contribution in [0.4, 0.5) is 0 Å². The Morgan fingerprint density at radius 1 is 1.35 bits per heavy atom. The summed E-state index contributed by atoms with van der Waals surface area (Å²) in [7, 11) is 0. The maximum Gasteiger partial charge on any atom is 0.313 e. The molecule has 0 spiro atoms. The first-order valence-electron chi connectivity index (χ1n) is 6.56. The smallest absolute Gasteiger partial charge is 0.313 e. The van der Waals surface area contributed by atoms with Crippen LogP contribution in [-0.4, -0.2) is 30.2 Å². The van der Waals surface area contributed by atoms with Gasteiger partial charge in [-0.1, -0.05) is 12.1 Å². The van der Waals surface area contributed by atoms with Gasteiger partial charge in [0.05, 0.1) is 12.2 Å². The summed E-state index contributed by atoms with van der Waals surface area (Å²) in [5, 5.41) is 0. The largest absolute Gasteiger partial charge is 0.489 e. The van der Waals surface area contributed by atoms with E-state index in [1.165, 1.54) is 0 Å². The number of fused-ring (bicyclic) bond motifs is 1. The Bertz CT molecular complexity index is 535. The molecule has 2 rings (SSSR count). The number of para-hydroxylation sites is 1. The Hall–Kier alpha value is -2.17. The Kier molecular flexibility index (Phi) is 4.50. The Balaban J connectivity index is 1.94. The average molecular weight is 276 g/mol. The monoisotopic (exact) mass is 276 g/mol. The van der Waals surface area contributed by atoms with E-state index < -0.39 is 12.1 Å². The van der Waals surface area contributed by atoms with E-state index >= 15 is 0 Å². The minimum atomic E-state index is -0.542. The van der Waals surface area contributed by atoms with Crippen molar-refractivity contribution in [2.45, 2.75) is 32.3 Å². The van der Waals surface area contributed by atoms with E-state index in [9.17, 15) is 14.4 Å². The van der Waals surface area contributed by atoms with Crippen LogP contribution in [0.2, 0.25) is 0 Å². The van der Waals surface area contributed by atoms with E-state index in [0.717, 1.165) is 0 Å². The van der Waals surface area contributed by atoms with Crippen LogP contribution in [-0.2, 0) is 14.3 Å². The molecule has 0 aliphatic carbocycles. The van der Waals surface area contributed by atoms with Gasteiger partial charge in [-0.2, -0.15) is 0 Å². The van der Waals surface area contributed by atoms with Crippen LogP contribution in [0.25, 0.3) is 0 Å². The fourth-order valence-electron chi connectivity index (χ4n) is 2.15. The molecule has 0 bridgehead atoms. The molecule has 0 radical (unpaired) electrons. The van der Waals surface area contributed by atoms with E-state index in [2.05, 4.69) is 0 Å². The number of carbonyl (C=O) groups is 3. The molecule has 1 aromatic carbocycles. The molecule has 1 unspecified atom stereocenters. The molecule has 1 aliphatic rings. The van der Waals surface area contributed by atoms with Crippen molar-refractivity contribution in [3.05, 3.63) is 29.8 Å². The molecule has 1 atom stereocenters. The highest BCUT2D eigenvalue weighted by Crippen LogP contribution is 2.28. The van der Waals surface area contributed by atoms with Gasteiger partial charge in [0.15, 0.2) is 5.78 Å². The molecule has 0 fully saturated rings. The summed E-state index contributed by atoms with van der Waals surface area (Å²) in [5.41, 5.74) is 0.543. The van der Waals surface area contributed by atoms with Gasteiger partial charge in [0.25, 0.3) is 0 Å². The SMILES string of the molecule is CCOC(=O)CC(=O)CC1CC(=O)c2ccccc2O1. The van der Waals surface area contributed by atoms with Crippen molar-refractivity contribution in [3.63, 3.8) is 0 Å². The van der Waals surface area contributed by atoms with Crippen molar-refractivity contribution < 1.29 is 23.9 Å². The highest BCUT2D eigenvalue weighted by atomic mass is 16.5. The van der Waals surface area contributed by atoms with E-state index in [1.54, 1.807) is 31.2 Å². The number of carbonyl (C=O) groups excluding carboxylic acids is 3. The number of hydrogen-bond acceptors (Lipinski definition) is 5. The third-order valence-corrected chi connectivity index (χ3v) is 3.00. The highest BCUT2D eigenvalue weighted by Gasteiger charge is 2.28. The Morgan fingerprint density at radius 2 is 2.10 bits per heavy atom. The topological polar surface area (TPSA) is 69.7 Å². The predicted octanol–water partition coefficient (Wildman–Crippen LogP) is 1.93. The molecule has 1 heterocycles. The molecular weight excluding hydrogens is 260 g/mol. The lowest BCUT2D eigenvalue weighted by molar-refractivity contribution is -0.145. The first-order chi connectivity index (χ1) is 9.60. The number of ketones is 2. The lowest BCUT2D eigenvalue weighted by Gasteiger charge is -2.24. The molecule has 5 heteroatoms. The summed E-state index contributed by atoms with van der Waals surface area (Å²) in [6.07, 6.45) is -0.576. The summed E-state index contributed by atoms with van der Waals surface area (Å²) in [6.45, 7) is 1.93. The number of benzene rings is 1. The third-order valence-electron chi connectivity index (χ3n) is 3.00. The molecule has 5 nitrogen and oxygen atoms in total. The molecule has 1 aromatic rings. The van der Waals surface area contributed by atoms with Crippen LogP contribution >= 0.6 is 0 Å². The zero-order valence-electron chi connectivity index (χ0n) is 11.3. The lowest BCUT2D eigenvalue weighted by Crippen LogP contribution is -2.29. The van der Waals surface area contributed by atoms with Crippen LogP contribution in [0.5, 0.6) is 5.75 Å². The second-order valence-electron chi connectivity index (χ2n) is 4.59. The first-order valence-corrected chi connectivity index (χ1v) is 6.56. The average Bonchev–Trinajstić information content (AvgIpc) is 2.38. The van der Waals surface area contributed by atoms with Gasteiger partial charge in [-0.15, -0.1) is 0 Å². The summed E-state index contributed by atoms with van der Waals surface area (Å²) >= 11 is 0. The van der Waals surface area contributed by atoms with Gasteiger partial charge in [-0.25, -0.2) is 0 Å². The van der Waals surface area contributed by atoms with Gasteiger partial charge in [0.2, 0.25) is 0 Å². The van der Waals surface area contributed by atoms with Gasteiger partial charge in [-0.3, -0.25) is 14.4 Å². The van der Waals surface area contributed by atoms with Gasteiger partial charge in [-0.05, 0) is 19.1 Å². The first kappa shape index (κ1) is 14.2. The maximum absolute atomic E-state index is 11.9. The van der Waals surface area contributed by atoms with Crippen LogP contribution < -0.4 is 4.74 Å². The summed E-state index contributed by atoms with van der Waals surface area (Å²) in [4.78, 5) is 34.8. The molecule has 0 saturated carbocycles. The molecule has 0 amide bonds. The van der Waals surface area contributed by atoms with Gasteiger partial charge < -0.3 is 9.47 Å². The molecule has 0 saturated heterocycles. The minimum absolute atomic E-state index is 0.0406. The number of esters is 1. The van der Waals surface area contributed by atoms with Crippen LogP contribution in [0.3, 0.4) is 0 Å². The van der Waals surface area contributed by atoms with Gasteiger partial charge >= 0.3 is 5.97 Å². The second-order valence-corrected chi connectivity index (χ2v) is 4.59. The van der Waals surface area contributed by atoms with E-state index in [-0.39, 0.29) is 37.4 Å². The second kappa shape index (κ2) is 6.32. The fraction of sp³-hybridized carbons (Fsp3) is 0.400. The highest BCUT2D eigenvalue weighted by molar-refractivity contribution is 6.01. The minimum Gasteiger partial charge on any atom is -0.489 e. The number of ether oxygens (including phenoxy) is 2. The van der Waals surface area contributed by atoms with Gasteiger partial charge in [0, 0.05) is 12.8 Å². The summed E-state index contributed by atoms with van der Waals surface area (Å²) < 4.78 is 10.3. The lowest BCUT2D eigenvalue weighted by atomic mass is 9.97.